The van der Waals surface area contributed by atoms with Crippen LogP contribution in [0.2, 0.25) is 0 Å². The molecule has 1 aromatic carbocycles. The summed E-state index contributed by atoms with van der Waals surface area (Å²) in [6.45, 7) is 0.128. The van der Waals surface area contributed by atoms with Gasteiger partial charge >= 0.3 is 6.09 Å². The number of benzene rings is 1. The maximum Gasteiger partial charge on any atom is 0.404 e. The summed E-state index contributed by atoms with van der Waals surface area (Å²) in [7, 11) is 1.77. The van der Waals surface area contributed by atoms with E-state index in [0.717, 1.165) is 14.6 Å². The predicted octanol–water partition coefficient (Wildman–Crippen LogP) is 3.16. The molecule has 1 atom stereocenters. The number of carbonyl (C=O) groups is 2. The van der Waals surface area contributed by atoms with Crippen LogP contribution in [0.15, 0.2) is 45.5 Å². The Morgan fingerprint density at radius 3 is 2.46 bits per heavy atom. The Kier molecular flexibility index (Phi) is 6.44. The van der Waals surface area contributed by atoms with Gasteiger partial charge in [0.15, 0.2) is 0 Å². The van der Waals surface area contributed by atoms with E-state index in [1.165, 1.54) is 0 Å². The zero-order valence-corrected chi connectivity index (χ0v) is 16.1. The first kappa shape index (κ1) is 18.5. The molecule has 2 rings (SSSR count). The van der Waals surface area contributed by atoms with E-state index in [2.05, 4.69) is 42.5 Å². The lowest BCUT2D eigenvalue weighted by Crippen LogP contribution is -2.45. The molecule has 128 valence electrons. The van der Waals surface area contributed by atoms with E-state index in [1.54, 1.807) is 17.7 Å². The highest BCUT2D eigenvalue weighted by Crippen LogP contribution is 2.26. The summed E-state index contributed by atoms with van der Waals surface area (Å²) >= 11 is 6.75. The molecule has 2 amide bonds. The summed E-state index contributed by atoms with van der Waals surface area (Å²) < 4.78 is 3.25. The molecule has 0 fully saturated rings. The first-order valence-electron chi connectivity index (χ1n) is 7.20. The number of amides is 2. The molecule has 8 heteroatoms. The second kappa shape index (κ2) is 8.34. The topological polar surface area (TPSA) is 83.4 Å². The van der Waals surface area contributed by atoms with Crippen molar-refractivity contribution in [2.24, 2.45) is 7.05 Å². The molecular weight excluding hydrogens is 442 g/mol. The molecule has 1 unspecified atom stereocenters. The third kappa shape index (κ3) is 4.85. The number of rotatable bonds is 6. The molecule has 0 aliphatic carbocycles. The van der Waals surface area contributed by atoms with Gasteiger partial charge in [0, 0.05) is 13.6 Å². The molecule has 0 radical (unpaired) electrons. The van der Waals surface area contributed by atoms with Gasteiger partial charge in [0.1, 0.15) is 5.69 Å². The lowest BCUT2D eigenvalue weighted by atomic mass is 10.1. The van der Waals surface area contributed by atoms with Crippen LogP contribution in [-0.2, 0) is 13.5 Å². The van der Waals surface area contributed by atoms with Crippen molar-refractivity contribution in [2.75, 3.05) is 6.54 Å². The van der Waals surface area contributed by atoms with Crippen molar-refractivity contribution in [3.8, 4) is 0 Å². The molecule has 0 aliphatic heterocycles. The van der Waals surface area contributed by atoms with Gasteiger partial charge in [-0.1, -0.05) is 30.3 Å². The molecule has 0 saturated heterocycles. The summed E-state index contributed by atoms with van der Waals surface area (Å²) in [5.41, 5.74) is 1.49. The Morgan fingerprint density at radius 2 is 1.92 bits per heavy atom. The minimum Gasteiger partial charge on any atom is -0.465 e. The third-order valence-electron chi connectivity index (χ3n) is 3.51. The third-order valence-corrected chi connectivity index (χ3v) is 5.60. The summed E-state index contributed by atoms with van der Waals surface area (Å²) in [6, 6.07) is 11.0. The summed E-state index contributed by atoms with van der Waals surface area (Å²) in [6.07, 6.45) is -0.591. The van der Waals surface area contributed by atoms with Crippen LogP contribution < -0.4 is 10.6 Å². The Bertz CT molecular complexity index is 732. The van der Waals surface area contributed by atoms with Crippen LogP contribution in [0.3, 0.4) is 0 Å². The van der Waals surface area contributed by atoms with Crippen LogP contribution in [0.4, 0.5) is 4.79 Å². The van der Waals surface area contributed by atoms with E-state index < -0.39 is 6.09 Å². The minimum absolute atomic E-state index is 0.128. The minimum atomic E-state index is -1.12. The second-order valence-electron chi connectivity index (χ2n) is 5.27. The van der Waals surface area contributed by atoms with Crippen molar-refractivity contribution < 1.29 is 14.7 Å². The molecule has 0 saturated carbocycles. The van der Waals surface area contributed by atoms with Crippen LogP contribution >= 0.6 is 31.9 Å². The second-order valence-corrected chi connectivity index (χ2v) is 6.88. The fraction of sp³-hybridized carbons (Fsp3) is 0.250. The zero-order chi connectivity index (χ0) is 17.7. The maximum atomic E-state index is 12.5. The molecule has 2 aromatic rings. The zero-order valence-electron chi connectivity index (χ0n) is 12.9. The normalized spacial score (nSPS) is 11.8. The van der Waals surface area contributed by atoms with Crippen molar-refractivity contribution in [2.45, 2.75) is 12.5 Å². The SMILES string of the molecule is Cn1c(C(=O)NC(CNC(=O)O)Cc2ccccc2)cc(Br)c1Br. The van der Waals surface area contributed by atoms with Crippen LogP contribution in [0, 0.1) is 0 Å². The van der Waals surface area contributed by atoms with E-state index >= 15 is 0 Å². The Labute approximate surface area is 156 Å². The first-order chi connectivity index (χ1) is 11.4. The molecule has 3 N–H and O–H groups in total. The molecule has 1 aromatic heterocycles. The standard InChI is InChI=1S/C16H17Br2N3O3/c1-21-13(8-12(17)14(21)18)15(22)20-11(9-19-16(23)24)7-10-5-3-2-4-6-10/h2-6,8,11,19H,7,9H2,1H3,(H,20,22)(H,23,24). The van der Waals surface area contributed by atoms with Gasteiger partial charge in [-0.25, -0.2) is 4.79 Å². The molecule has 1 heterocycles. The van der Waals surface area contributed by atoms with Gasteiger partial charge in [0.2, 0.25) is 0 Å². The highest BCUT2D eigenvalue weighted by atomic mass is 79.9. The van der Waals surface area contributed by atoms with Gasteiger partial charge in [-0.15, -0.1) is 0 Å². The van der Waals surface area contributed by atoms with Crippen LogP contribution in [0.1, 0.15) is 16.1 Å². The number of carboxylic acid groups (broad SMARTS) is 1. The maximum absolute atomic E-state index is 12.5. The highest BCUT2D eigenvalue weighted by molar-refractivity contribution is 9.13. The van der Waals surface area contributed by atoms with Crippen LogP contribution in [0.5, 0.6) is 0 Å². The largest absolute Gasteiger partial charge is 0.465 e. The summed E-state index contributed by atoms with van der Waals surface area (Å²) in [4.78, 5) is 23.3. The Hall–Kier alpha value is -1.80. The number of nitrogens with zero attached hydrogens (tertiary/aromatic N) is 1. The fourth-order valence-electron chi connectivity index (χ4n) is 2.30. The van der Waals surface area contributed by atoms with Crippen molar-refractivity contribution in [1.29, 1.82) is 0 Å². The van der Waals surface area contributed by atoms with Crippen molar-refractivity contribution in [3.05, 3.63) is 56.7 Å². The first-order valence-corrected chi connectivity index (χ1v) is 8.79. The van der Waals surface area contributed by atoms with E-state index in [1.807, 2.05) is 30.3 Å². The number of nitrogens with one attached hydrogen (secondary N) is 2. The van der Waals surface area contributed by atoms with E-state index in [-0.39, 0.29) is 18.5 Å². The summed E-state index contributed by atoms with van der Waals surface area (Å²) in [5.74, 6) is -0.267. The number of halogens is 2. The van der Waals surface area contributed by atoms with E-state index in [4.69, 9.17) is 5.11 Å². The van der Waals surface area contributed by atoms with Gasteiger partial charge in [-0.2, -0.15) is 0 Å². The number of hydrogen-bond acceptors (Lipinski definition) is 2. The molecule has 0 spiro atoms. The van der Waals surface area contributed by atoms with Crippen LogP contribution in [0.25, 0.3) is 0 Å². The number of carbonyl (C=O) groups excluding carboxylic acids is 1. The summed E-state index contributed by atoms with van der Waals surface area (Å²) in [5, 5.41) is 14.0. The average molecular weight is 459 g/mol. The molecular formula is C16H17Br2N3O3. The Balaban J connectivity index is 2.12. The molecule has 24 heavy (non-hydrogen) atoms. The van der Waals surface area contributed by atoms with Gasteiger partial charge in [-0.3, -0.25) is 4.79 Å². The van der Waals surface area contributed by atoms with E-state index in [0.29, 0.717) is 12.1 Å². The smallest absolute Gasteiger partial charge is 0.404 e. The quantitative estimate of drug-likeness (QED) is 0.621. The average Bonchev–Trinajstić information content (AvgIpc) is 2.81. The molecule has 0 bridgehead atoms. The van der Waals surface area contributed by atoms with Crippen LogP contribution in [-0.4, -0.2) is 34.3 Å². The van der Waals surface area contributed by atoms with Crippen molar-refractivity contribution in [1.82, 2.24) is 15.2 Å². The lowest BCUT2D eigenvalue weighted by Gasteiger charge is -2.19. The predicted molar refractivity (Wildman–Crippen MR) is 98.2 cm³/mol. The monoisotopic (exact) mass is 457 g/mol. The number of hydrogen-bond donors (Lipinski definition) is 3. The fourth-order valence-corrected chi connectivity index (χ4v) is 3.09. The number of aromatic nitrogens is 1. The highest BCUT2D eigenvalue weighted by Gasteiger charge is 2.19. The van der Waals surface area contributed by atoms with Gasteiger partial charge < -0.3 is 20.3 Å². The van der Waals surface area contributed by atoms with Crippen molar-refractivity contribution in [3.63, 3.8) is 0 Å². The van der Waals surface area contributed by atoms with Gasteiger partial charge in [-0.05, 0) is 49.9 Å². The molecule has 0 aliphatic rings. The Morgan fingerprint density at radius 1 is 1.25 bits per heavy atom. The molecule has 6 nitrogen and oxygen atoms in total. The van der Waals surface area contributed by atoms with E-state index in [9.17, 15) is 9.59 Å². The lowest BCUT2D eigenvalue weighted by molar-refractivity contribution is 0.0926. The van der Waals surface area contributed by atoms with Gasteiger partial charge in [0.05, 0.1) is 15.1 Å². The van der Waals surface area contributed by atoms with Crippen molar-refractivity contribution >= 4 is 43.9 Å². The van der Waals surface area contributed by atoms with Gasteiger partial charge in [0.25, 0.3) is 5.91 Å².